The third kappa shape index (κ3) is 2.33. The van der Waals surface area contributed by atoms with Gasteiger partial charge < -0.3 is 5.32 Å². The van der Waals surface area contributed by atoms with Crippen LogP contribution >= 0.6 is 0 Å². The Bertz CT molecular complexity index is 617. The number of aromatic nitrogens is 1. The zero-order valence-corrected chi connectivity index (χ0v) is 12.5. The molecule has 1 N–H and O–H groups in total. The highest BCUT2D eigenvalue weighted by atomic mass is 15.0. The van der Waals surface area contributed by atoms with Crippen LogP contribution in [0.15, 0.2) is 42.6 Å². The number of benzene rings is 1. The van der Waals surface area contributed by atoms with E-state index >= 15 is 0 Å². The summed E-state index contributed by atoms with van der Waals surface area (Å²) in [5, 5.41) is 3.82. The Balaban J connectivity index is 1.62. The minimum atomic E-state index is 0.598. The molecule has 2 bridgehead atoms. The van der Waals surface area contributed by atoms with Crippen molar-refractivity contribution in [2.75, 3.05) is 5.32 Å². The van der Waals surface area contributed by atoms with Gasteiger partial charge in [0.1, 0.15) is 0 Å². The van der Waals surface area contributed by atoms with E-state index in [0.717, 1.165) is 17.5 Å². The summed E-state index contributed by atoms with van der Waals surface area (Å²) < 4.78 is 0. The first kappa shape index (κ1) is 12.9. The van der Waals surface area contributed by atoms with Gasteiger partial charge in [0, 0.05) is 12.2 Å². The van der Waals surface area contributed by atoms with Gasteiger partial charge in [-0.05, 0) is 67.7 Å². The van der Waals surface area contributed by atoms with E-state index in [2.05, 4.69) is 47.6 Å². The summed E-state index contributed by atoms with van der Waals surface area (Å²) in [6.45, 7) is 2.09. The predicted molar refractivity (Wildman–Crippen MR) is 86.4 cm³/mol. The van der Waals surface area contributed by atoms with Crippen molar-refractivity contribution in [2.45, 2.75) is 38.6 Å². The van der Waals surface area contributed by atoms with Crippen molar-refractivity contribution in [1.29, 1.82) is 0 Å². The predicted octanol–water partition coefficient (Wildman–Crippen LogP) is 4.00. The lowest BCUT2D eigenvalue weighted by atomic mass is 9.94. The van der Waals surface area contributed by atoms with Gasteiger partial charge in [-0.2, -0.15) is 0 Å². The lowest BCUT2D eigenvalue weighted by Gasteiger charge is -2.25. The number of nitrogens with zero attached hydrogens (tertiary/aromatic N) is 1. The molecular formula is C19H22N2. The minimum absolute atomic E-state index is 0.598. The third-order valence-corrected chi connectivity index (χ3v) is 5.34. The highest BCUT2D eigenvalue weighted by Gasteiger charge is 2.38. The van der Waals surface area contributed by atoms with Crippen LogP contribution in [0.5, 0.6) is 0 Å². The normalized spacial score (nSPS) is 27.0. The first-order valence-electron chi connectivity index (χ1n) is 8.06. The number of hydrogen-bond donors (Lipinski definition) is 1. The molecule has 1 aromatic carbocycles. The van der Waals surface area contributed by atoms with Crippen LogP contribution in [0, 0.1) is 18.8 Å². The van der Waals surface area contributed by atoms with Crippen LogP contribution in [0.1, 0.15) is 29.7 Å². The number of anilines is 1. The summed E-state index contributed by atoms with van der Waals surface area (Å²) in [4.78, 5) is 4.42. The molecule has 0 saturated heterocycles. The van der Waals surface area contributed by atoms with Crippen molar-refractivity contribution in [3.8, 4) is 0 Å². The highest BCUT2D eigenvalue weighted by Crippen LogP contribution is 2.41. The van der Waals surface area contributed by atoms with Gasteiger partial charge >= 0.3 is 0 Å². The molecule has 2 atom stereocenters. The van der Waals surface area contributed by atoms with Gasteiger partial charge in [0.25, 0.3) is 0 Å². The number of rotatable bonds is 2. The maximum Gasteiger partial charge on any atom is 0.0603 e. The maximum atomic E-state index is 4.42. The summed E-state index contributed by atoms with van der Waals surface area (Å²) in [5.41, 5.74) is 5.46. The molecule has 1 aromatic heterocycles. The molecular weight excluding hydrogens is 256 g/mol. The average Bonchev–Trinajstić information content (AvgIpc) is 2.76. The second-order valence-electron chi connectivity index (χ2n) is 6.58. The minimum Gasteiger partial charge on any atom is -0.380 e. The van der Waals surface area contributed by atoms with Gasteiger partial charge in [0.05, 0.1) is 11.4 Å². The quantitative estimate of drug-likeness (QED) is 0.898. The number of aryl methyl sites for hydroxylation is 1. The Morgan fingerprint density at radius 2 is 1.62 bits per heavy atom. The van der Waals surface area contributed by atoms with Gasteiger partial charge in [-0.1, -0.05) is 24.3 Å². The summed E-state index contributed by atoms with van der Waals surface area (Å²) in [6, 6.07) is 13.8. The van der Waals surface area contributed by atoms with Crippen molar-refractivity contribution in [3.05, 3.63) is 59.4 Å². The summed E-state index contributed by atoms with van der Waals surface area (Å²) in [6.07, 6.45) is 7.04. The molecule has 1 heterocycles. The van der Waals surface area contributed by atoms with Crippen molar-refractivity contribution >= 4 is 5.69 Å². The Morgan fingerprint density at radius 3 is 2.24 bits per heavy atom. The molecule has 108 valence electrons. The largest absolute Gasteiger partial charge is 0.380 e. The molecule has 2 nitrogen and oxygen atoms in total. The fraction of sp³-hybridized carbons (Fsp3) is 0.421. The number of pyridine rings is 1. The molecule has 0 radical (unpaired) electrons. The Morgan fingerprint density at radius 1 is 0.952 bits per heavy atom. The monoisotopic (exact) mass is 278 g/mol. The average molecular weight is 278 g/mol. The van der Waals surface area contributed by atoms with E-state index in [1.54, 1.807) is 11.1 Å². The van der Waals surface area contributed by atoms with E-state index in [1.807, 2.05) is 12.3 Å². The van der Waals surface area contributed by atoms with Crippen LogP contribution in [0.4, 0.5) is 5.69 Å². The van der Waals surface area contributed by atoms with Crippen LogP contribution in [0.3, 0.4) is 0 Å². The van der Waals surface area contributed by atoms with Crippen LogP contribution in [-0.2, 0) is 12.8 Å². The zero-order chi connectivity index (χ0) is 14.2. The molecule has 4 rings (SSSR count). The first-order chi connectivity index (χ1) is 10.3. The Labute approximate surface area is 126 Å². The van der Waals surface area contributed by atoms with E-state index in [-0.39, 0.29) is 0 Å². The second-order valence-corrected chi connectivity index (χ2v) is 6.58. The molecule has 0 spiro atoms. The standard InChI is InChI=1S/C19H22N2/c1-13-18(7-4-10-20-13)21-19-16-8-9-17(19)12-15-6-3-2-5-14(15)11-16/h2-7,10,16-17,19,21H,8-9,11-12H2,1H3. The van der Waals surface area contributed by atoms with Crippen molar-refractivity contribution in [1.82, 2.24) is 4.98 Å². The van der Waals surface area contributed by atoms with E-state index in [1.165, 1.54) is 31.4 Å². The molecule has 1 fully saturated rings. The van der Waals surface area contributed by atoms with Crippen LogP contribution in [0.2, 0.25) is 0 Å². The maximum absolute atomic E-state index is 4.42. The van der Waals surface area contributed by atoms with Crippen LogP contribution < -0.4 is 5.32 Å². The van der Waals surface area contributed by atoms with E-state index in [9.17, 15) is 0 Å². The van der Waals surface area contributed by atoms with E-state index in [4.69, 9.17) is 0 Å². The zero-order valence-electron chi connectivity index (χ0n) is 12.5. The fourth-order valence-electron chi connectivity index (χ4n) is 4.20. The molecule has 1 saturated carbocycles. The fourth-order valence-corrected chi connectivity index (χ4v) is 4.20. The SMILES string of the molecule is Cc1ncccc1NC1C2CCC1Cc1ccccc1C2. The molecule has 2 unspecified atom stereocenters. The molecule has 2 aliphatic rings. The number of hydrogen-bond acceptors (Lipinski definition) is 2. The van der Waals surface area contributed by atoms with Crippen LogP contribution in [-0.4, -0.2) is 11.0 Å². The summed E-state index contributed by atoms with van der Waals surface area (Å²) >= 11 is 0. The van der Waals surface area contributed by atoms with Gasteiger partial charge in [-0.25, -0.2) is 0 Å². The summed E-state index contributed by atoms with van der Waals surface area (Å²) in [7, 11) is 0. The third-order valence-electron chi connectivity index (χ3n) is 5.34. The number of nitrogens with one attached hydrogen (secondary N) is 1. The lowest BCUT2D eigenvalue weighted by Crippen LogP contribution is -2.31. The van der Waals surface area contributed by atoms with Crippen molar-refractivity contribution in [2.24, 2.45) is 11.8 Å². The van der Waals surface area contributed by atoms with E-state index in [0.29, 0.717) is 6.04 Å². The van der Waals surface area contributed by atoms with E-state index < -0.39 is 0 Å². The first-order valence-corrected chi connectivity index (χ1v) is 8.06. The van der Waals surface area contributed by atoms with Crippen molar-refractivity contribution in [3.63, 3.8) is 0 Å². The molecule has 2 aliphatic carbocycles. The smallest absolute Gasteiger partial charge is 0.0603 e. The highest BCUT2D eigenvalue weighted by molar-refractivity contribution is 5.48. The molecule has 21 heavy (non-hydrogen) atoms. The molecule has 2 heteroatoms. The van der Waals surface area contributed by atoms with Gasteiger partial charge in [0.2, 0.25) is 0 Å². The van der Waals surface area contributed by atoms with Crippen LogP contribution in [0.25, 0.3) is 0 Å². The van der Waals surface area contributed by atoms with Crippen molar-refractivity contribution < 1.29 is 0 Å². The van der Waals surface area contributed by atoms with Gasteiger partial charge in [-0.3, -0.25) is 4.98 Å². The lowest BCUT2D eigenvalue weighted by molar-refractivity contribution is 0.449. The second kappa shape index (κ2) is 5.18. The summed E-state index contributed by atoms with van der Waals surface area (Å²) in [5.74, 6) is 1.52. The van der Waals surface area contributed by atoms with Gasteiger partial charge in [-0.15, -0.1) is 0 Å². The molecule has 0 aliphatic heterocycles. The van der Waals surface area contributed by atoms with Gasteiger partial charge in [0.15, 0.2) is 0 Å². The Kier molecular flexibility index (Phi) is 3.17. The molecule has 2 aromatic rings. The topological polar surface area (TPSA) is 24.9 Å². The Hall–Kier alpha value is -1.83. The number of fused-ring (bicyclic) bond motifs is 3. The molecule has 0 amide bonds.